The topological polar surface area (TPSA) is 29.9 Å². The van der Waals surface area contributed by atoms with E-state index in [0.29, 0.717) is 0 Å². The number of aromatic nitrogens is 2. The zero-order valence-electron chi connectivity index (χ0n) is 9.62. The SMILES string of the molecule is CC(C)C(C)CNCc1ccnn1C. The number of nitrogens with one attached hydrogen (secondary N) is 1. The van der Waals surface area contributed by atoms with E-state index in [4.69, 9.17) is 0 Å². The van der Waals surface area contributed by atoms with Crippen molar-refractivity contribution < 1.29 is 0 Å². The van der Waals surface area contributed by atoms with Crippen LogP contribution >= 0.6 is 0 Å². The van der Waals surface area contributed by atoms with Gasteiger partial charge >= 0.3 is 0 Å². The highest BCUT2D eigenvalue weighted by Crippen LogP contribution is 2.07. The summed E-state index contributed by atoms with van der Waals surface area (Å²) >= 11 is 0. The van der Waals surface area contributed by atoms with Gasteiger partial charge in [-0.25, -0.2) is 0 Å². The number of aryl methyl sites for hydroxylation is 1. The molecule has 3 nitrogen and oxygen atoms in total. The Morgan fingerprint density at radius 1 is 1.43 bits per heavy atom. The Morgan fingerprint density at radius 3 is 2.64 bits per heavy atom. The lowest BCUT2D eigenvalue weighted by Gasteiger charge is -2.15. The summed E-state index contributed by atoms with van der Waals surface area (Å²) in [6, 6.07) is 2.05. The lowest BCUT2D eigenvalue weighted by atomic mass is 9.98. The van der Waals surface area contributed by atoms with Crippen LogP contribution in [-0.4, -0.2) is 16.3 Å². The minimum absolute atomic E-state index is 0.725. The van der Waals surface area contributed by atoms with Crippen LogP contribution in [0.5, 0.6) is 0 Å². The molecule has 3 heteroatoms. The summed E-state index contributed by atoms with van der Waals surface area (Å²) in [5, 5.41) is 7.58. The summed E-state index contributed by atoms with van der Waals surface area (Å²) in [6.45, 7) is 8.78. The van der Waals surface area contributed by atoms with Gasteiger partial charge < -0.3 is 5.32 Å². The lowest BCUT2D eigenvalue weighted by Crippen LogP contribution is -2.24. The van der Waals surface area contributed by atoms with E-state index in [1.165, 1.54) is 5.69 Å². The zero-order chi connectivity index (χ0) is 10.6. The van der Waals surface area contributed by atoms with Crippen LogP contribution in [0.1, 0.15) is 26.5 Å². The van der Waals surface area contributed by atoms with Crippen LogP contribution in [0, 0.1) is 11.8 Å². The van der Waals surface area contributed by atoms with Crippen molar-refractivity contribution in [2.24, 2.45) is 18.9 Å². The first-order chi connectivity index (χ1) is 6.61. The molecule has 1 rings (SSSR count). The molecule has 0 radical (unpaired) electrons. The van der Waals surface area contributed by atoms with Crippen molar-refractivity contribution in [3.63, 3.8) is 0 Å². The van der Waals surface area contributed by atoms with Gasteiger partial charge in [0.05, 0.1) is 5.69 Å². The smallest absolute Gasteiger partial charge is 0.0518 e. The van der Waals surface area contributed by atoms with Crippen molar-refractivity contribution in [2.45, 2.75) is 27.3 Å². The highest BCUT2D eigenvalue weighted by atomic mass is 15.3. The second-order valence-corrected chi connectivity index (χ2v) is 4.30. The van der Waals surface area contributed by atoms with E-state index in [-0.39, 0.29) is 0 Å². The molecule has 0 aliphatic carbocycles. The molecule has 1 heterocycles. The molecule has 0 aliphatic rings. The molecule has 0 saturated heterocycles. The zero-order valence-corrected chi connectivity index (χ0v) is 9.62. The van der Waals surface area contributed by atoms with Crippen molar-refractivity contribution in [1.82, 2.24) is 15.1 Å². The Hall–Kier alpha value is -0.830. The van der Waals surface area contributed by atoms with Crippen molar-refractivity contribution in [1.29, 1.82) is 0 Å². The Bertz CT molecular complexity index is 265. The fourth-order valence-corrected chi connectivity index (χ4v) is 1.24. The molecule has 1 aromatic heterocycles. The van der Waals surface area contributed by atoms with Crippen LogP contribution in [0.3, 0.4) is 0 Å². The predicted molar refractivity (Wildman–Crippen MR) is 58.9 cm³/mol. The van der Waals surface area contributed by atoms with Crippen molar-refractivity contribution in [3.05, 3.63) is 18.0 Å². The van der Waals surface area contributed by atoms with Crippen LogP contribution in [0.15, 0.2) is 12.3 Å². The second kappa shape index (κ2) is 5.15. The van der Waals surface area contributed by atoms with E-state index in [2.05, 4.69) is 31.2 Å². The van der Waals surface area contributed by atoms with Crippen LogP contribution in [0.2, 0.25) is 0 Å². The minimum Gasteiger partial charge on any atom is -0.311 e. The van der Waals surface area contributed by atoms with Gasteiger partial charge in [-0.15, -0.1) is 0 Å². The number of hydrogen-bond donors (Lipinski definition) is 1. The number of nitrogens with zero attached hydrogens (tertiary/aromatic N) is 2. The molecular formula is C11H21N3. The minimum atomic E-state index is 0.725. The normalized spacial score (nSPS) is 13.5. The van der Waals surface area contributed by atoms with E-state index >= 15 is 0 Å². The first-order valence-electron chi connectivity index (χ1n) is 5.29. The summed E-state index contributed by atoms with van der Waals surface area (Å²) in [5.74, 6) is 1.47. The standard InChI is InChI=1S/C11H21N3/c1-9(2)10(3)7-12-8-11-5-6-13-14(11)4/h5-6,9-10,12H,7-8H2,1-4H3. The van der Waals surface area contributed by atoms with Gasteiger partial charge in [0, 0.05) is 19.8 Å². The van der Waals surface area contributed by atoms with E-state index in [9.17, 15) is 0 Å². The molecule has 0 fully saturated rings. The van der Waals surface area contributed by atoms with Gasteiger partial charge in [0.1, 0.15) is 0 Å². The molecule has 1 aromatic rings. The second-order valence-electron chi connectivity index (χ2n) is 4.30. The third kappa shape index (κ3) is 3.14. The van der Waals surface area contributed by atoms with Crippen molar-refractivity contribution in [2.75, 3.05) is 6.54 Å². The van der Waals surface area contributed by atoms with Gasteiger partial charge in [-0.1, -0.05) is 20.8 Å². The fourth-order valence-electron chi connectivity index (χ4n) is 1.24. The molecular weight excluding hydrogens is 174 g/mol. The van der Waals surface area contributed by atoms with E-state index in [1.807, 2.05) is 24.0 Å². The molecule has 0 amide bonds. The van der Waals surface area contributed by atoms with Crippen molar-refractivity contribution in [3.8, 4) is 0 Å². The van der Waals surface area contributed by atoms with Crippen LogP contribution < -0.4 is 5.32 Å². The van der Waals surface area contributed by atoms with E-state index in [0.717, 1.165) is 24.9 Å². The highest BCUT2D eigenvalue weighted by molar-refractivity contribution is 4.99. The van der Waals surface area contributed by atoms with Crippen molar-refractivity contribution >= 4 is 0 Å². The maximum atomic E-state index is 4.13. The molecule has 14 heavy (non-hydrogen) atoms. The maximum absolute atomic E-state index is 4.13. The number of hydrogen-bond acceptors (Lipinski definition) is 2. The molecule has 1 atom stereocenters. The van der Waals surface area contributed by atoms with Gasteiger partial charge in [-0.05, 0) is 24.4 Å². The Labute approximate surface area is 86.5 Å². The van der Waals surface area contributed by atoms with Gasteiger partial charge in [-0.2, -0.15) is 5.10 Å². The summed E-state index contributed by atoms with van der Waals surface area (Å²) in [5.41, 5.74) is 1.24. The van der Waals surface area contributed by atoms with Crippen LogP contribution in [-0.2, 0) is 13.6 Å². The molecule has 0 aromatic carbocycles. The molecule has 0 aliphatic heterocycles. The quantitative estimate of drug-likeness (QED) is 0.776. The molecule has 1 N–H and O–H groups in total. The van der Waals surface area contributed by atoms with E-state index in [1.54, 1.807) is 0 Å². The van der Waals surface area contributed by atoms with Gasteiger partial charge in [-0.3, -0.25) is 4.68 Å². The van der Waals surface area contributed by atoms with Crippen LogP contribution in [0.4, 0.5) is 0 Å². The van der Waals surface area contributed by atoms with Gasteiger partial charge in [0.15, 0.2) is 0 Å². The Morgan fingerprint density at radius 2 is 2.14 bits per heavy atom. The average molecular weight is 195 g/mol. The number of rotatable bonds is 5. The summed E-state index contributed by atoms with van der Waals surface area (Å²) < 4.78 is 1.91. The molecule has 0 bridgehead atoms. The summed E-state index contributed by atoms with van der Waals surface area (Å²) in [6.07, 6.45) is 1.84. The highest BCUT2D eigenvalue weighted by Gasteiger charge is 2.06. The third-order valence-corrected chi connectivity index (χ3v) is 2.83. The maximum Gasteiger partial charge on any atom is 0.0518 e. The summed E-state index contributed by atoms with van der Waals surface area (Å²) in [4.78, 5) is 0. The monoisotopic (exact) mass is 195 g/mol. The van der Waals surface area contributed by atoms with Gasteiger partial charge in [0.2, 0.25) is 0 Å². The van der Waals surface area contributed by atoms with Gasteiger partial charge in [0.25, 0.3) is 0 Å². The van der Waals surface area contributed by atoms with E-state index < -0.39 is 0 Å². The first kappa shape index (κ1) is 11.2. The lowest BCUT2D eigenvalue weighted by molar-refractivity contribution is 0.390. The largest absolute Gasteiger partial charge is 0.311 e. The average Bonchev–Trinajstić information content (AvgIpc) is 2.51. The summed E-state index contributed by atoms with van der Waals surface area (Å²) in [7, 11) is 1.98. The predicted octanol–water partition coefficient (Wildman–Crippen LogP) is 1.80. The fraction of sp³-hybridized carbons (Fsp3) is 0.727. The first-order valence-corrected chi connectivity index (χ1v) is 5.29. The molecule has 80 valence electrons. The molecule has 0 saturated carbocycles. The molecule has 0 spiro atoms. The molecule has 1 unspecified atom stereocenters. The third-order valence-electron chi connectivity index (χ3n) is 2.83. The Balaban J connectivity index is 2.25. The Kier molecular flexibility index (Phi) is 4.14. The van der Waals surface area contributed by atoms with Crippen LogP contribution in [0.25, 0.3) is 0 Å².